The zero-order valence-corrected chi connectivity index (χ0v) is 20.9. The van der Waals surface area contributed by atoms with Crippen molar-refractivity contribution in [1.82, 2.24) is 14.9 Å². The van der Waals surface area contributed by atoms with Crippen LogP contribution in [-0.4, -0.2) is 53.7 Å². The maximum absolute atomic E-state index is 11.5. The third-order valence-corrected chi connectivity index (χ3v) is 6.70. The highest BCUT2D eigenvalue weighted by Crippen LogP contribution is 2.43. The molecule has 1 atom stereocenters. The van der Waals surface area contributed by atoms with E-state index in [1.54, 1.807) is 0 Å². The van der Waals surface area contributed by atoms with Gasteiger partial charge in [0.25, 0.3) is 0 Å². The molecule has 36 heavy (non-hydrogen) atoms. The number of likely N-dealkylation sites (tertiary alicyclic amines) is 1. The maximum atomic E-state index is 11.5. The lowest BCUT2D eigenvalue weighted by Gasteiger charge is -2.32. The number of fused-ring (bicyclic) bond motifs is 1. The van der Waals surface area contributed by atoms with Crippen LogP contribution in [-0.2, 0) is 9.53 Å². The van der Waals surface area contributed by atoms with E-state index in [0.717, 1.165) is 61.0 Å². The number of nitrogens with zero attached hydrogens (tertiary/aromatic N) is 3. The van der Waals surface area contributed by atoms with Crippen molar-refractivity contribution in [2.24, 2.45) is 0 Å². The molecule has 0 bridgehead atoms. The van der Waals surface area contributed by atoms with Gasteiger partial charge in [-0.25, -0.2) is 9.97 Å². The first-order valence-electron chi connectivity index (χ1n) is 12.2. The van der Waals surface area contributed by atoms with Crippen LogP contribution in [0.1, 0.15) is 25.7 Å². The number of aromatic nitrogens is 2. The predicted octanol–water partition coefficient (Wildman–Crippen LogP) is 6.01. The Morgan fingerprint density at radius 2 is 1.92 bits per heavy atom. The highest BCUT2D eigenvalue weighted by molar-refractivity contribution is 6.30. The summed E-state index contributed by atoms with van der Waals surface area (Å²) in [5, 5.41) is 1.41. The van der Waals surface area contributed by atoms with E-state index >= 15 is 0 Å². The van der Waals surface area contributed by atoms with E-state index in [9.17, 15) is 4.79 Å². The zero-order valence-electron chi connectivity index (χ0n) is 20.2. The summed E-state index contributed by atoms with van der Waals surface area (Å²) in [6.07, 6.45) is 4.59. The van der Waals surface area contributed by atoms with E-state index in [2.05, 4.69) is 14.9 Å². The molecule has 1 aliphatic heterocycles. The Hall–Kier alpha value is -3.42. The number of rotatable bonds is 8. The summed E-state index contributed by atoms with van der Waals surface area (Å²) in [7, 11) is 1.42. The van der Waals surface area contributed by atoms with Gasteiger partial charge < -0.3 is 13.9 Å². The van der Waals surface area contributed by atoms with Crippen LogP contribution in [0, 0.1) is 0 Å². The lowest BCUT2D eigenvalue weighted by Crippen LogP contribution is -2.41. The van der Waals surface area contributed by atoms with Crippen molar-refractivity contribution in [3.8, 4) is 28.3 Å². The topological polar surface area (TPSA) is 77.7 Å². The van der Waals surface area contributed by atoms with Crippen molar-refractivity contribution >= 4 is 28.7 Å². The number of furan rings is 1. The molecule has 1 fully saturated rings. The number of piperidine rings is 1. The van der Waals surface area contributed by atoms with Gasteiger partial charge in [-0.2, -0.15) is 0 Å². The molecule has 0 amide bonds. The molecule has 4 aromatic rings. The monoisotopic (exact) mass is 505 g/mol. The SMILES string of the molecule is COC(=O)CCCN1CCC[C@@H](Oc2ncnc3oc(-c4ccccc4)c(-c4ccc(Cl)cc4)c23)C1. The van der Waals surface area contributed by atoms with Crippen LogP contribution in [0.15, 0.2) is 65.3 Å². The van der Waals surface area contributed by atoms with E-state index in [1.807, 2.05) is 54.6 Å². The van der Waals surface area contributed by atoms with Crippen LogP contribution in [0.25, 0.3) is 33.6 Å². The molecule has 7 nitrogen and oxygen atoms in total. The first-order valence-corrected chi connectivity index (χ1v) is 12.5. The van der Waals surface area contributed by atoms with Gasteiger partial charge in [-0.1, -0.05) is 54.1 Å². The number of hydrogen-bond donors (Lipinski definition) is 0. The van der Waals surface area contributed by atoms with Gasteiger partial charge in [0.2, 0.25) is 11.6 Å². The van der Waals surface area contributed by atoms with Gasteiger partial charge in [-0.3, -0.25) is 9.69 Å². The molecule has 1 saturated heterocycles. The Morgan fingerprint density at radius 3 is 2.69 bits per heavy atom. The number of methoxy groups -OCH3 is 1. The van der Waals surface area contributed by atoms with E-state index < -0.39 is 0 Å². The fourth-order valence-corrected chi connectivity index (χ4v) is 4.83. The first kappa shape index (κ1) is 24.3. The number of carbonyl (C=O) groups excluding carboxylic acids is 1. The highest BCUT2D eigenvalue weighted by atomic mass is 35.5. The summed E-state index contributed by atoms with van der Waals surface area (Å²) < 4.78 is 17.6. The van der Waals surface area contributed by atoms with Crippen LogP contribution >= 0.6 is 11.6 Å². The van der Waals surface area contributed by atoms with Crippen molar-refractivity contribution in [2.75, 3.05) is 26.7 Å². The number of ether oxygens (including phenoxy) is 2. The molecule has 3 heterocycles. The lowest BCUT2D eigenvalue weighted by molar-refractivity contribution is -0.140. The fraction of sp³-hybridized carbons (Fsp3) is 0.321. The van der Waals surface area contributed by atoms with Crippen LogP contribution < -0.4 is 4.74 Å². The molecular formula is C28H28ClN3O4. The molecule has 0 saturated carbocycles. The minimum absolute atomic E-state index is 0.0249. The van der Waals surface area contributed by atoms with E-state index in [4.69, 9.17) is 25.5 Å². The summed E-state index contributed by atoms with van der Waals surface area (Å²) >= 11 is 6.18. The standard InChI is InChI=1S/C28H28ClN3O4/c1-34-23(33)10-6-16-32-15-5-9-22(17-32)35-27-25-24(19-11-13-21(29)14-12-19)26(20-7-3-2-4-8-20)36-28(25)31-18-30-27/h2-4,7-8,11-14,18,22H,5-6,9-10,15-17H2,1H3/t22-/m1/s1. The van der Waals surface area contributed by atoms with Gasteiger partial charge in [0.1, 0.15) is 23.6 Å². The Balaban J connectivity index is 1.46. The Kier molecular flexibility index (Phi) is 7.49. The van der Waals surface area contributed by atoms with E-state index in [1.165, 1.54) is 13.4 Å². The van der Waals surface area contributed by atoms with Crippen LogP contribution in [0.3, 0.4) is 0 Å². The number of esters is 1. The van der Waals surface area contributed by atoms with Gasteiger partial charge in [0.05, 0.1) is 7.11 Å². The third kappa shape index (κ3) is 5.37. The average Bonchev–Trinajstić information content (AvgIpc) is 3.30. The van der Waals surface area contributed by atoms with Gasteiger partial charge in [0, 0.05) is 29.1 Å². The Labute approximate surface area is 215 Å². The van der Waals surface area contributed by atoms with Crippen molar-refractivity contribution < 1.29 is 18.7 Å². The lowest BCUT2D eigenvalue weighted by atomic mass is 9.99. The molecule has 186 valence electrons. The van der Waals surface area contributed by atoms with E-state index in [0.29, 0.717) is 28.8 Å². The molecule has 0 spiro atoms. The zero-order chi connectivity index (χ0) is 24.9. The molecule has 0 N–H and O–H groups in total. The number of halogens is 1. The second-order valence-corrected chi connectivity index (χ2v) is 9.34. The average molecular weight is 506 g/mol. The molecule has 5 rings (SSSR count). The molecule has 8 heteroatoms. The highest BCUT2D eigenvalue weighted by Gasteiger charge is 2.26. The normalized spacial score (nSPS) is 16.2. The van der Waals surface area contributed by atoms with Crippen molar-refractivity contribution in [2.45, 2.75) is 31.8 Å². The summed E-state index contributed by atoms with van der Waals surface area (Å²) in [6.45, 7) is 2.58. The predicted molar refractivity (Wildman–Crippen MR) is 139 cm³/mol. The smallest absolute Gasteiger partial charge is 0.305 e. The quantitative estimate of drug-likeness (QED) is 0.271. The van der Waals surface area contributed by atoms with Gasteiger partial charge in [0.15, 0.2) is 0 Å². The first-order chi connectivity index (χ1) is 17.6. The van der Waals surface area contributed by atoms with E-state index in [-0.39, 0.29) is 12.1 Å². The summed E-state index contributed by atoms with van der Waals surface area (Å²) in [6, 6.07) is 17.6. The number of benzene rings is 2. The van der Waals surface area contributed by atoms with Crippen molar-refractivity contribution in [3.63, 3.8) is 0 Å². The minimum Gasteiger partial charge on any atom is -0.472 e. The van der Waals surface area contributed by atoms with Crippen molar-refractivity contribution in [3.05, 3.63) is 65.9 Å². The fourth-order valence-electron chi connectivity index (χ4n) is 4.70. The summed E-state index contributed by atoms with van der Waals surface area (Å²) in [4.78, 5) is 22.8. The van der Waals surface area contributed by atoms with Crippen LogP contribution in [0.2, 0.25) is 5.02 Å². The third-order valence-electron chi connectivity index (χ3n) is 6.45. The van der Waals surface area contributed by atoms with Crippen LogP contribution in [0.5, 0.6) is 5.88 Å². The minimum atomic E-state index is -0.174. The van der Waals surface area contributed by atoms with Crippen molar-refractivity contribution in [1.29, 1.82) is 0 Å². The van der Waals surface area contributed by atoms with Gasteiger partial charge in [-0.05, 0) is 50.0 Å². The molecule has 0 unspecified atom stereocenters. The number of carbonyl (C=O) groups is 1. The summed E-state index contributed by atoms with van der Waals surface area (Å²) in [5.41, 5.74) is 3.26. The van der Waals surface area contributed by atoms with Gasteiger partial charge in [-0.15, -0.1) is 0 Å². The maximum Gasteiger partial charge on any atom is 0.305 e. The van der Waals surface area contributed by atoms with Gasteiger partial charge >= 0.3 is 5.97 Å². The molecule has 2 aromatic heterocycles. The number of hydrogen-bond acceptors (Lipinski definition) is 7. The Morgan fingerprint density at radius 1 is 1.11 bits per heavy atom. The molecule has 2 aromatic carbocycles. The largest absolute Gasteiger partial charge is 0.472 e. The second-order valence-electron chi connectivity index (χ2n) is 8.90. The molecular weight excluding hydrogens is 478 g/mol. The molecule has 1 aliphatic rings. The summed E-state index contributed by atoms with van der Waals surface area (Å²) in [5.74, 6) is 1.05. The van der Waals surface area contributed by atoms with Crippen LogP contribution in [0.4, 0.5) is 0 Å². The molecule has 0 radical (unpaired) electrons. The second kappa shape index (κ2) is 11.1. The molecule has 0 aliphatic carbocycles. The Bertz CT molecular complexity index is 1320.